The first kappa shape index (κ1) is 13.1. The van der Waals surface area contributed by atoms with E-state index >= 15 is 0 Å². The van der Waals surface area contributed by atoms with Crippen LogP contribution in [0.5, 0.6) is 0 Å². The van der Waals surface area contributed by atoms with Crippen molar-refractivity contribution in [2.75, 3.05) is 13.6 Å². The molecule has 0 aliphatic rings. The van der Waals surface area contributed by atoms with Crippen LogP contribution in [0.15, 0.2) is 22.8 Å². The van der Waals surface area contributed by atoms with Crippen molar-refractivity contribution >= 4 is 38.7 Å². The Labute approximate surface area is 122 Å². The largest absolute Gasteiger partial charge is 0.478 e. The molecule has 6 nitrogen and oxygen atoms in total. The third-order valence-corrected chi connectivity index (χ3v) is 4.07. The van der Waals surface area contributed by atoms with Crippen molar-refractivity contribution in [3.05, 3.63) is 34.1 Å². The smallest absolute Gasteiger partial charge is 0.335 e. The van der Waals surface area contributed by atoms with Crippen LogP contribution in [0.25, 0.3) is 16.8 Å². The average molecular weight is 337 g/mol. The number of rotatable bonds is 4. The van der Waals surface area contributed by atoms with E-state index in [0.29, 0.717) is 11.3 Å². The average Bonchev–Trinajstić information content (AvgIpc) is 2.92. The summed E-state index contributed by atoms with van der Waals surface area (Å²) in [5.41, 5.74) is 2.84. The van der Waals surface area contributed by atoms with Gasteiger partial charge in [0, 0.05) is 13.0 Å². The van der Waals surface area contributed by atoms with E-state index < -0.39 is 5.97 Å². The summed E-state index contributed by atoms with van der Waals surface area (Å²) < 4.78 is 2.87. The molecule has 3 aromatic rings. The predicted octanol–water partition coefficient (Wildman–Crippen LogP) is 2.04. The van der Waals surface area contributed by atoms with Gasteiger partial charge in [-0.2, -0.15) is 0 Å². The number of halogens is 1. The van der Waals surface area contributed by atoms with E-state index in [9.17, 15) is 4.79 Å². The van der Waals surface area contributed by atoms with Gasteiger partial charge >= 0.3 is 5.97 Å². The summed E-state index contributed by atoms with van der Waals surface area (Å²) in [4.78, 5) is 18.7. The summed E-state index contributed by atoms with van der Waals surface area (Å²) in [6.07, 6.45) is 0.856. The highest BCUT2D eigenvalue weighted by atomic mass is 79.9. The predicted molar refractivity (Wildman–Crippen MR) is 79.3 cm³/mol. The van der Waals surface area contributed by atoms with Crippen LogP contribution in [0.4, 0.5) is 0 Å². The Balaban J connectivity index is 2.17. The molecule has 0 saturated heterocycles. The molecule has 104 valence electrons. The Kier molecular flexibility index (Phi) is 3.23. The first-order chi connectivity index (χ1) is 9.61. The van der Waals surface area contributed by atoms with E-state index in [1.807, 2.05) is 11.4 Å². The van der Waals surface area contributed by atoms with Crippen LogP contribution in [0.3, 0.4) is 0 Å². The second-order valence-corrected chi connectivity index (χ2v) is 5.28. The van der Waals surface area contributed by atoms with Crippen LogP contribution in [0, 0.1) is 0 Å². The maximum Gasteiger partial charge on any atom is 0.335 e. The van der Waals surface area contributed by atoms with Crippen molar-refractivity contribution in [2.45, 2.75) is 6.42 Å². The minimum atomic E-state index is -0.947. The number of nitrogens with one attached hydrogen (secondary N) is 2. The number of carboxylic acids is 1. The number of hydrogen-bond donors (Lipinski definition) is 3. The zero-order chi connectivity index (χ0) is 14.3. The molecule has 0 unspecified atom stereocenters. The fourth-order valence-corrected chi connectivity index (χ4v) is 2.89. The summed E-state index contributed by atoms with van der Waals surface area (Å²) in [6, 6.07) is 4.95. The highest BCUT2D eigenvalue weighted by Crippen LogP contribution is 2.25. The molecular formula is C13H13BrN4O2. The van der Waals surface area contributed by atoms with Gasteiger partial charge in [-0.05, 0) is 41.2 Å². The lowest BCUT2D eigenvalue weighted by molar-refractivity contribution is 0.0697. The molecule has 0 amide bonds. The SMILES string of the molecule is CNCCc1[nH]c2nc3cc(C(=O)O)ccc3n2c1Br. The molecule has 0 atom stereocenters. The van der Waals surface area contributed by atoms with Gasteiger partial charge in [0.1, 0.15) is 4.60 Å². The summed E-state index contributed by atoms with van der Waals surface area (Å²) in [5, 5.41) is 12.1. The summed E-state index contributed by atoms with van der Waals surface area (Å²) in [6.45, 7) is 0.864. The van der Waals surface area contributed by atoms with E-state index in [1.165, 1.54) is 0 Å². The number of nitrogens with zero attached hydrogens (tertiary/aromatic N) is 2. The molecule has 0 fully saturated rings. The summed E-state index contributed by atoms with van der Waals surface area (Å²) >= 11 is 3.58. The number of carboxylic acid groups (broad SMARTS) is 1. The maximum absolute atomic E-state index is 11.0. The first-order valence-electron chi connectivity index (χ1n) is 6.18. The number of aromatic amines is 1. The van der Waals surface area contributed by atoms with Crippen LogP contribution < -0.4 is 5.32 Å². The van der Waals surface area contributed by atoms with Crippen molar-refractivity contribution < 1.29 is 9.90 Å². The van der Waals surface area contributed by atoms with Crippen molar-refractivity contribution in [1.82, 2.24) is 19.7 Å². The lowest BCUT2D eigenvalue weighted by Gasteiger charge is -1.99. The molecule has 0 spiro atoms. The molecule has 2 heterocycles. The number of aromatic nitrogens is 3. The Morgan fingerprint density at radius 3 is 3.05 bits per heavy atom. The van der Waals surface area contributed by atoms with E-state index in [0.717, 1.165) is 28.8 Å². The van der Waals surface area contributed by atoms with Crippen molar-refractivity contribution in [2.24, 2.45) is 0 Å². The fourth-order valence-electron chi connectivity index (χ4n) is 2.23. The highest BCUT2D eigenvalue weighted by molar-refractivity contribution is 9.10. The molecule has 2 aromatic heterocycles. The Morgan fingerprint density at radius 1 is 1.55 bits per heavy atom. The number of hydrogen-bond acceptors (Lipinski definition) is 3. The van der Waals surface area contributed by atoms with E-state index in [2.05, 4.69) is 31.2 Å². The van der Waals surface area contributed by atoms with Crippen molar-refractivity contribution in [3.63, 3.8) is 0 Å². The first-order valence-corrected chi connectivity index (χ1v) is 6.97. The molecule has 0 aliphatic carbocycles. The zero-order valence-electron chi connectivity index (χ0n) is 10.8. The minimum absolute atomic E-state index is 0.241. The van der Waals surface area contributed by atoms with E-state index in [4.69, 9.17) is 5.11 Å². The van der Waals surface area contributed by atoms with Gasteiger partial charge < -0.3 is 15.4 Å². The Morgan fingerprint density at radius 2 is 2.35 bits per heavy atom. The van der Waals surface area contributed by atoms with Gasteiger partial charge in [0.15, 0.2) is 0 Å². The number of carbonyl (C=O) groups is 1. The molecular weight excluding hydrogens is 324 g/mol. The van der Waals surface area contributed by atoms with Gasteiger partial charge in [-0.15, -0.1) is 0 Å². The van der Waals surface area contributed by atoms with Crippen LogP contribution >= 0.6 is 15.9 Å². The lowest BCUT2D eigenvalue weighted by Crippen LogP contribution is -2.10. The normalized spacial score (nSPS) is 11.5. The van der Waals surface area contributed by atoms with Crippen molar-refractivity contribution in [1.29, 1.82) is 0 Å². The molecule has 3 rings (SSSR count). The molecule has 0 saturated carbocycles. The second kappa shape index (κ2) is 4.92. The van der Waals surface area contributed by atoms with Crippen LogP contribution in [0.2, 0.25) is 0 Å². The highest BCUT2D eigenvalue weighted by Gasteiger charge is 2.15. The molecule has 0 aliphatic heterocycles. The fraction of sp³-hybridized carbons (Fsp3) is 0.231. The molecule has 3 N–H and O–H groups in total. The third kappa shape index (κ3) is 1.99. The monoisotopic (exact) mass is 336 g/mol. The van der Waals surface area contributed by atoms with Gasteiger partial charge in [0.25, 0.3) is 0 Å². The zero-order valence-corrected chi connectivity index (χ0v) is 12.4. The Hall–Kier alpha value is -1.86. The second-order valence-electron chi connectivity index (χ2n) is 4.53. The standard InChI is InChI=1S/C13H13BrN4O2/c1-15-5-4-8-11(14)18-10-3-2-7(12(19)20)6-9(10)17-13(18)16-8/h2-3,6,15H,4-5H2,1H3,(H,16,17)(H,19,20). The van der Waals surface area contributed by atoms with Crippen LogP contribution in [-0.4, -0.2) is 39.0 Å². The van der Waals surface area contributed by atoms with E-state index in [1.54, 1.807) is 18.2 Å². The van der Waals surface area contributed by atoms with Gasteiger partial charge in [-0.25, -0.2) is 9.78 Å². The quantitative estimate of drug-likeness (QED) is 0.680. The number of imidazole rings is 2. The lowest BCUT2D eigenvalue weighted by atomic mass is 10.2. The third-order valence-electron chi connectivity index (χ3n) is 3.23. The van der Waals surface area contributed by atoms with Crippen molar-refractivity contribution in [3.8, 4) is 0 Å². The molecule has 20 heavy (non-hydrogen) atoms. The minimum Gasteiger partial charge on any atom is -0.478 e. The number of H-pyrrole nitrogens is 1. The van der Waals surface area contributed by atoms with Gasteiger partial charge in [0.05, 0.1) is 22.3 Å². The molecule has 7 heteroatoms. The van der Waals surface area contributed by atoms with Gasteiger partial charge in [0.2, 0.25) is 5.78 Å². The van der Waals surface area contributed by atoms with Gasteiger partial charge in [-0.1, -0.05) is 0 Å². The molecule has 0 bridgehead atoms. The number of fused-ring (bicyclic) bond motifs is 3. The number of likely N-dealkylation sites (N-methyl/N-ethyl adjacent to an activating group) is 1. The summed E-state index contributed by atoms with van der Waals surface area (Å²) in [7, 11) is 1.91. The van der Waals surface area contributed by atoms with Crippen LogP contribution in [-0.2, 0) is 6.42 Å². The topological polar surface area (TPSA) is 82.4 Å². The van der Waals surface area contributed by atoms with Crippen LogP contribution in [0.1, 0.15) is 16.1 Å². The maximum atomic E-state index is 11.0. The van der Waals surface area contributed by atoms with E-state index in [-0.39, 0.29) is 5.56 Å². The summed E-state index contributed by atoms with van der Waals surface area (Å²) in [5.74, 6) is -0.238. The molecule has 0 radical (unpaired) electrons. The molecule has 1 aromatic carbocycles. The number of benzene rings is 1. The Bertz CT molecular complexity index is 806. The number of aromatic carboxylic acids is 1. The van der Waals surface area contributed by atoms with Gasteiger partial charge in [-0.3, -0.25) is 4.40 Å².